The van der Waals surface area contributed by atoms with Crippen molar-refractivity contribution in [3.8, 4) is 11.5 Å². The molecule has 1 aromatic rings. The van der Waals surface area contributed by atoms with Gasteiger partial charge in [0.1, 0.15) is 0 Å². The van der Waals surface area contributed by atoms with Crippen LogP contribution in [0.25, 0.3) is 0 Å². The van der Waals surface area contributed by atoms with E-state index in [2.05, 4.69) is 0 Å². The Morgan fingerprint density at radius 3 is 2.79 bits per heavy atom. The van der Waals surface area contributed by atoms with Gasteiger partial charge in [-0.15, -0.1) is 0 Å². The van der Waals surface area contributed by atoms with Gasteiger partial charge in [-0.05, 0) is 24.6 Å². The smallest absolute Gasteiger partial charge is 0.311 e. The van der Waals surface area contributed by atoms with Crippen LogP contribution in [0.1, 0.15) is 12.5 Å². The lowest BCUT2D eigenvalue weighted by atomic mass is 10.2. The molecule has 0 bridgehead atoms. The average Bonchev–Trinajstić information content (AvgIpc) is 2.08. The van der Waals surface area contributed by atoms with Crippen LogP contribution >= 0.6 is 0 Å². The van der Waals surface area contributed by atoms with Crippen LogP contribution in [-0.4, -0.2) is 12.2 Å². The maximum Gasteiger partial charge on any atom is 0.311 e. The van der Waals surface area contributed by atoms with Crippen molar-refractivity contribution in [1.29, 1.82) is 0 Å². The summed E-state index contributed by atoms with van der Waals surface area (Å²) in [5.41, 5.74) is 0.905. The molecule has 0 radical (unpaired) electrons. The number of fused-ring (bicyclic) bond motifs is 1. The van der Waals surface area contributed by atoms with E-state index in [4.69, 9.17) is 9.47 Å². The minimum atomic E-state index is -2.41. The van der Waals surface area contributed by atoms with E-state index in [0.717, 1.165) is 12.5 Å². The molecule has 0 aromatic heterocycles. The summed E-state index contributed by atoms with van der Waals surface area (Å²) < 4.78 is 36.0. The first-order valence-corrected chi connectivity index (χ1v) is 4.28. The molecule has 2 rings (SSSR count). The van der Waals surface area contributed by atoms with Crippen molar-refractivity contribution in [1.82, 2.24) is 0 Å². The number of ether oxygens (including phenoxy) is 2. The summed E-state index contributed by atoms with van der Waals surface area (Å²) >= 11 is 0. The summed E-state index contributed by atoms with van der Waals surface area (Å²) in [7, 11) is 0. The zero-order valence-corrected chi connectivity index (χ0v) is 7.88. The van der Waals surface area contributed by atoms with Gasteiger partial charge >= 0.3 is 12.2 Å². The van der Waals surface area contributed by atoms with Gasteiger partial charge in [0.15, 0.2) is 11.5 Å². The summed E-state index contributed by atoms with van der Waals surface area (Å²) in [5, 5.41) is 0. The molecule has 1 aliphatic heterocycles. The fraction of sp³-hybridized carbons (Fsp3) is 0.400. The summed E-state index contributed by atoms with van der Waals surface area (Å²) in [5.74, 6) is -1.94. The first-order valence-electron chi connectivity index (χ1n) is 4.28. The molecule has 2 nitrogen and oxygen atoms in total. The van der Waals surface area contributed by atoms with Gasteiger partial charge in [-0.2, -0.15) is 8.78 Å². The second kappa shape index (κ2) is 2.83. The van der Waals surface area contributed by atoms with E-state index < -0.39 is 12.2 Å². The predicted octanol–water partition coefficient (Wildman–Crippen LogP) is 2.75. The van der Waals surface area contributed by atoms with Gasteiger partial charge in [0.25, 0.3) is 0 Å². The van der Waals surface area contributed by atoms with Gasteiger partial charge in [0.2, 0.25) is 0 Å². The predicted molar refractivity (Wildman–Crippen MR) is 46.8 cm³/mol. The quantitative estimate of drug-likeness (QED) is 0.641. The summed E-state index contributed by atoms with van der Waals surface area (Å²) in [6.07, 6.45) is -2.09. The first-order chi connectivity index (χ1) is 6.49. The van der Waals surface area contributed by atoms with Crippen LogP contribution in [0.3, 0.4) is 0 Å². The molecule has 0 fully saturated rings. The highest BCUT2D eigenvalue weighted by molar-refractivity contribution is 5.44. The van der Waals surface area contributed by atoms with Crippen LogP contribution in [0, 0.1) is 6.92 Å². The first kappa shape index (κ1) is 9.24. The molecule has 1 aliphatic rings. The molecule has 4 heteroatoms. The lowest BCUT2D eigenvalue weighted by Gasteiger charge is -2.31. The second-order valence-electron chi connectivity index (χ2n) is 3.47. The maximum absolute atomic E-state index is 13.3. The molecule has 0 N–H and O–H groups in total. The highest BCUT2D eigenvalue weighted by atomic mass is 19.2. The molecule has 1 aromatic carbocycles. The molecular weight excluding hydrogens is 190 g/mol. The Hall–Kier alpha value is -1.32. The van der Waals surface area contributed by atoms with Crippen molar-refractivity contribution in [3.05, 3.63) is 23.8 Å². The molecule has 0 aliphatic carbocycles. The normalized spacial score (nSPS) is 30.1. The van der Waals surface area contributed by atoms with E-state index in [9.17, 15) is 8.78 Å². The Morgan fingerprint density at radius 1 is 1.36 bits per heavy atom. The van der Waals surface area contributed by atoms with Gasteiger partial charge in [0, 0.05) is 6.92 Å². The standard InChI is InChI=1S/C10H10F2O2/c1-6-3-4-7-8(5-6)13-9(11)10(2,12)14-7/h3-5,9H,1-2H3. The van der Waals surface area contributed by atoms with Gasteiger partial charge in [-0.1, -0.05) is 6.07 Å². The number of alkyl halides is 2. The molecule has 2 unspecified atom stereocenters. The number of hydrogen-bond acceptors (Lipinski definition) is 2. The Morgan fingerprint density at radius 2 is 2.07 bits per heavy atom. The van der Waals surface area contributed by atoms with Crippen LogP contribution in [0.4, 0.5) is 8.78 Å². The Labute approximate surface area is 80.4 Å². The van der Waals surface area contributed by atoms with Crippen molar-refractivity contribution in [2.24, 2.45) is 0 Å². The van der Waals surface area contributed by atoms with Crippen LogP contribution in [0.5, 0.6) is 11.5 Å². The van der Waals surface area contributed by atoms with E-state index >= 15 is 0 Å². The lowest BCUT2D eigenvalue weighted by Crippen LogP contribution is -2.44. The van der Waals surface area contributed by atoms with Crippen LogP contribution in [-0.2, 0) is 0 Å². The fourth-order valence-corrected chi connectivity index (χ4v) is 1.27. The van der Waals surface area contributed by atoms with Crippen molar-refractivity contribution in [3.63, 3.8) is 0 Å². The second-order valence-corrected chi connectivity index (χ2v) is 3.47. The Bertz CT molecular complexity index is 363. The number of benzene rings is 1. The topological polar surface area (TPSA) is 18.5 Å². The molecule has 76 valence electrons. The van der Waals surface area contributed by atoms with Gasteiger partial charge in [0.05, 0.1) is 0 Å². The van der Waals surface area contributed by atoms with Crippen molar-refractivity contribution < 1.29 is 18.3 Å². The molecule has 1 heterocycles. The third-order valence-electron chi connectivity index (χ3n) is 2.04. The van der Waals surface area contributed by atoms with E-state index in [-0.39, 0.29) is 11.5 Å². The number of rotatable bonds is 0. The Balaban J connectivity index is 2.41. The average molecular weight is 200 g/mol. The largest absolute Gasteiger partial charge is 0.450 e. The number of halogens is 2. The van der Waals surface area contributed by atoms with E-state index in [1.807, 2.05) is 6.92 Å². The number of aryl methyl sites for hydroxylation is 1. The molecule has 0 spiro atoms. The summed E-state index contributed by atoms with van der Waals surface area (Å²) in [4.78, 5) is 0. The molecule has 0 amide bonds. The van der Waals surface area contributed by atoms with Gasteiger partial charge in [-0.3, -0.25) is 0 Å². The van der Waals surface area contributed by atoms with Crippen molar-refractivity contribution in [2.45, 2.75) is 26.1 Å². The highest BCUT2D eigenvalue weighted by Crippen LogP contribution is 2.39. The van der Waals surface area contributed by atoms with Crippen molar-refractivity contribution >= 4 is 0 Å². The van der Waals surface area contributed by atoms with E-state index in [1.54, 1.807) is 18.2 Å². The third kappa shape index (κ3) is 1.41. The molecule has 0 saturated carbocycles. The van der Waals surface area contributed by atoms with E-state index in [1.165, 1.54) is 0 Å². The lowest BCUT2D eigenvalue weighted by molar-refractivity contribution is -0.193. The SMILES string of the molecule is Cc1ccc2c(c1)OC(F)C(C)(F)O2. The third-order valence-corrected chi connectivity index (χ3v) is 2.04. The van der Waals surface area contributed by atoms with Gasteiger partial charge < -0.3 is 9.47 Å². The van der Waals surface area contributed by atoms with Gasteiger partial charge in [-0.25, -0.2) is 0 Å². The molecular formula is C10H10F2O2. The number of hydrogen-bond donors (Lipinski definition) is 0. The Kier molecular flexibility index (Phi) is 1.87. The minimum Gasteiger partial charge on any atom is -0.450 e. The zero-order valence-electron chi connectivity index (χ0n) is 7.88. The maximum atomic E-state index is 13.3. The molecule has 14 heavy (non-hydrogen) atoms. The molecule has 0 saturated heterocycles. The summed E-state index contributed by atoms with van der Waals surface area (Å²) in [6, 6.07) is 4.92. The highest BCUT2D eigenvalue weighted by Gasteiger charge is 2.43. The fourth-order valence-electron chi connectivity index (χ4n) is 1.27. The zero-order chi connectivity index (χ0) is 10.3. The van der Waals surface area contributed by atoms with E-state index in [0.29, 0.717) is 0 Å². The summed E-state index contributed by atoms with van der Waals surface area (Å²) in [6.45, 7) is 2.83. The van der Waals surface area contributed by atoms with Crippen LogP contribution in [0.15, 0.2) is 18.2 Å². The van der Waals surface area contributed by atoms with Crippen LogP contribution in [0.2, 0.25) is 0 Å². The van der Waals surface area contributed by atoms with Crippen LogP contribution < -0.4 is 9.47 Å². The minimum absolute atomic E-state index is 0.231. The monoisotopic (exact) mass is 200 g/mol. The molecule has 2 atom stereocenters. The van der Waals surface area contributed by atoms with Crippen molar-refractivity contribution in [2.75, 3.05) is 0 Å².